The summed E-state index contributed by atoms with van der Waals surface area (Å²) in [7, 11) is 0. The molecule has 0 bridgehead atoms. The normalized spacial score (nSPS) is 17.0. The van der Waals surface area contributed by atoms with Gasteiger partial charge in [-0.15, -0.1) is 11.3 Å². The molecule has 0 aliphatic carbocycles. The summed E-state index contributed by atoms with van der Waals surface area (Å²) >= 11 is 1.59. The Morgan fingerprint density at radius 3 is 2.80 bits per heavy atom. The summed E-state index contributed by atoms with van der Waals surface area (Å²) in [4.78, 5) is 19.2. The van der Waals surface area contributed by atoms with Crippen molar-refractivity contribution in [1.82, 2.24) is 14.5 Å². The lowest BCUT2D eigenvalue weighted by atomic mass is 10.00. The van der Waals surface area contributed by atoms with Crippen molar-refractivity contribution in [2.75, 3.05) is 6.54 Å². The zero-order valence-corrected chi connectivity index (χ0v) is 14.8. The monoisotopic (exact) mass is 349 g/mol. The Morgan fingerprint density at radius 1 is 1.20 bits per heavy atom. The predicted molar refractivity (Wildman–Crippen MR) is 100 cm³/mol. The number of benzene rings is 1. The van der Waals surface area contributed by atoms with Gasteiger partial charge in [-0.05, 0) is 30.7 Å². The van der Waals surface area contributed by atoms with Gasteiger partial charge in [-0.1, -0.05) is 30.3 Å². The van der Waals surface area contributed by atoms with Gasteiger partial charge < -0.3 is 9.47 Å². The van der Waals surface area contributed by atoms with Crippen LogP contribution in [0.15, 0.2) is 60.1 Å². The number of rotatable bonds is 3. The molecule has 1 amide bonds. The number of hydrogen-bond acceptors (Lipinski definition) is 3. The molecule has 0 saturated heterocycles. The van der Waals surface area contributed by atoms with E-state index >= 15 is 0 Å². The highest BCUT2D eigenvalue weighted by Crippen LogP contribution is 2.32. The molecule has 0 N–H and O–H groups in total. The second kappa shape index (κ2) is 6.69. The van der Waals surface area contributed by atoms with Crippen molar-refractivity contribution in [2.24, 2.45) is 0 Å². The molecule has 1 aliphatic heterocycles. The largest absolute Gasteiger partial charge is 0.348 e. The minimum atomic E-state index is -0.0562. The van der Waals surface area contributed by atoms with Gasteiger partial charge in [0.05, 0.1) is 16.7 Å². The van der Waals surface area contributed by atoms with Crippen LogP contribution in [0.3, 0.4) is 0 Å². The van der Waals surface area contributed by atoms with E-state index in [1.165, 1.54) is 0 Å². The molecule has 0 spiro atoms. The number of aromatic nitrogens is 2. The summed E-state index contributed by atoms with van der Waals surface area (Å²) in [5, 5.41) is 2.97. The zero-order valence-electron chi connectivity index (χ0n) is 14.0. The molecule has 0 saturated carbocycles. The number of aryl methyl sites for hydroxylation is 1. The van der Waals surface area contributed by atoms with Crippen LogP contribution in [-0.2, 0) is 11.3 Å². The van der Waals surface area contributed by atoms with E-state index in [9.17, 15) is 4.79 Å². The van der Waals surface area contributed by atoms with Crippen molar-refractivity contribution >= 4 is 23.3 Å². The van der Waals surface area contributed by atoms with E-state index in [0.29, 0.717) is 6.54 Å². The van der Waals surface area contributed by atoms with Crippen LogP contribution in [0.5, 0.6) is 0 Å². The summed E-state index contributed by atoms with van der Waals surface area (Å²) in [5.74, 6) is 0.0203. The summed E-state index contributed by atoms with van der Waals surface area (Å²) in [6, 6.07) is 14.3. The molecule has 0 unspecified atom stereocenters. The Kier molecular flexibility index (Phi) is 4.24. The molecular formula is C20H19N3OS. The van der Waals surface area contributed by atoms with E-state index in [-0.39, 0.29) is 11.9 Å². The van der Waals surface area contributed by atoms with Gasteiger partial charge in [-0.2, -0.15) is 0 Å². The predicted octanol–water partition coefficient (Wildman–Crippen LogP) is 3.90. The van der Waals surface area contributed by atoms with Crippen molar-refractivity contribution in [3.05, 3.63) is 82.1 Å². The summed E-state index contributed by atoms with van der Waals surface area (Å²) in [6.45, 7) is 3.48. The molecule has 3 aromatic rings. The lowest BCUT2D eigenvalue weighted by Crippen LogP contribution is -2.41. The minimum Gasteiger partial charge on any atom is -0.348 e. The van der Waals surface area contributed by atoms with E-state index in [1.807, 2.05) is 47.5 Å². The van der Waals surface area contributed by atoms with Gasteiger partial charge in [-0.3, -0.25) is 4.79 Å². The first kappa shape index (κ1) is 15.8. The van der Waals surface area contributed by atoms with Crippen LogP contribution >= 0.6 is 11.3 Å². The third-order valence-electron chi connectivity index (χ3n) is 4.47. The fourth-order valence-electron chi connectivity index (χ4n) is 3.32. The SMILES string of the molecule is Cc1nc(/C=C\C(=O)N2CCn3cccc3[C@@H]2c2ccccc2)cs1. The molecule has 126 valence electrons. The number of carbonyl (C=O) groups excluding carboxylic acids is 1. The highest BCUT2D eigenvalue weighted by Gasteiger charge is 2.30. The highest BCUT2D eigenvalue weighted by molar-refractivity contribution is 7.09. The molecule has 1 aliphatic rings. The van der Waals surface area contributed by atoms with Crippen LogP contribution in [0.2, 0.25) is 0 Å². The maximum Gasteiger partial charge on any atom is 0.247 e. The third kappa shape index (κ3) is 3.15. The van der Waals surface area contributed by atoms with Crippen LogP contribution in [0.1, 0.15) is 28.0 Å². The van der Waals surface area contributed by atoms with Gasteiger partial charge in [0, 0.05) is 36.4 Å². The van der Waals surface area contributed by atoms with Crippen molar-refractivity contribution in [3.8, 4) is 0 Å². The molecule has 0 radical (unpaired) electrons. The average Bonchev–Trinajstić information content (AvgIpc) is 3.28. The van der Waals surface area contributed by atoms with Gasteiger partial charge in [0.2, 0.25) is 5.91 Å². The Labute approximate surface area is 151 Å². The summed E-state index contributed by atoms with van der Waals surface area (Å²) < 4.78 is 2.23. The van der Waals surface area contributed by atoms with E-state index in [0.717, 1.165) is 28.5 Å². The number of fused-ring (bicyclic) bond motifs is 1. The van der Waals surface area contributed by atoms with Crippen LogP contribution in [0.25, 0.3) is 6.08 Å². The van der Waals surface area contributed by atoms with Gasteiger partial charge in [-0.25, -0.2) is 4.98 Å². The third-order valence-corrected chi connectivity index (χ3v) is 5.26. The molecular weight excluding hydrogens is 330 g/mol. The van der Waals surface area contributed by atoms with Gasteiger partial charge in [0.1, 0.15) is 0 Å². The number of carbonyl (C=O) groups is 1. The first-order valence-electron chi connectivity index (χ1n) is 8.33. The minimum absolute atomic E-state index is 0.0203. The first-order valence-corrected chi connectivity index (χ1v) is 9.21. The molecule has 4 nitrogen and oxygen atoms in total. The second-order valence-corrected chi connectivity index (χ2v) is 7.16. The number of amides is 1. The molecule has 1 aromatic carbocycles. The lowest BCUT2D eigenvalue weighted by molar-refractivity contribution is -0.128. The Balaban J connectivity index is 1.65. The quantitative estimate of drug-likeness (QED) is 0.673. The number of nitrogens with zero attached hydrogens (tertiary/aromatic N) is 3. The fourth-order valence-corrected chi connectivity index (χ4v) is 3.90. The van der Waals surface area contributed by atoms with E-state index in [1.54, 1.807) is 17.4 Å². The molecule has 2 aromatic heterocycles. The first-order chi connectivity index (χ1) is 12.2. The molecule has 4 rings (SSSR count). The molecule has 1 atom stereocenters. The van der Waals surface area contributed by atoms with E-state index in [4.69, 9.17) is 0 Å². The van der Waals surface area contributed by atoms with Crippen molar-refractivity contribution in [2.45, 2.75) is 19.5 Å². The van der Waals surface area contributed by atoms with Crippen LogP contribution in [-0.4, -0.2) is 26.9 Å². The highest BCUT2D eigenvalue weighted by atomic mass is 32.1. The second-order valence-electron chi connectivity index (χ2n) is 6.10. The number of hydrogen-bond donors (Lipinski definition) is 0. The van der Waals surface area contributed by atoms with Gasteiger partial charge in [0.25, 0.3) is 0 Å². The van der Waals surface area contributed by atoms with Gasteiger partial charge >= 0.3 is 0 Å². The van der Waals surface area contributed by atoms with E-state index in [2.05, 4.69) is 33.9 Å². The smallest absolute Gasteiger partial charge is 0.247 e. The lowest BCUT2D eigenvalue weighted by Gasteiger charge is -2.36. The Bertz CT molecular complexity index is 910. The van der Waals surface area contributed by atoms with Crippen LogP contribution in [0, 0.1) is 6.92 Å². The van der Waals surface area contributed by atoms with Crippen LogP contribution in [0.4, 0.5) is 0 Å². The summed E-state index contributed by atoms with van der Waals surface area (Å²) in [5.41, 5.74) is 3.13. The molecule has 0 fully saturated rings. The zero-order chi connectivity index (χ0) is 17.2. The average molecular weight is 349 g/mol. The molecule has 5 heteroatoms. The van der Waals surface area contributed by atoms with Crippen molar-refractivity contribution in [1.29, 1.82) is 0 Å². The molecule has 25 heavy (non-hydrogen) atoms. The summed E-state index contributed by atoms with van der Waals surface area (Å²) in [6.07, 6.45) is 5.53. The van der Waals surface area contributed by atoms with Crippen molar-refractivity contribution < 1.29 is 4.79 Å². The topological polar surface area (TPSA) is 38.1 Å². The maximum atomic E-state index is 12.9. The van der Waals surface area contributed by atoms with E-state index < -0.39 is 0 Å². The van der Waals surface area contributed by atoms with Crippen molar-refractivity contribution in [3.63, 3.8) is 0 Å². The Morgan fingerprint density at radius 2 is 2.04 bits per heavy atom. The fraction of sp³-hybridized carbons (Fsp3) is 0.200. The standard InChI is InChI=1S/C20H19N3OS/c1-15-21-17(14-25-15)9-10-19(24)23-13-12-22-11-5-8-18(22)20(23)16-6-3-2-4-7-16/h2-11,14,20H,12-13H2,1H3/b10-9-/t20-/m0/s1. The molecule has 3 heterocycles. The number of thiazole rings is 1. The maximum absolute atomic E-state index is 12.9. The van der Waals surface area contributed by atoms with Gasteiger partial charge in [0.15, 0.2) is 0 Å². The Hall–Kier alpha value is -2.66. The van der Waals surface area contributed by atoms with Crippen LogP contribution < -0.4 is 0 Å².